The van der Waals surface area contributed by atoms with E-state index in [2.05, 4.69) is 10.2 Å². The van der Waals surface area contributed by atoms with E-state index in [1.807, 2.05) is 47.4 Å². The Labute approximate surface area is 144 Å². The molecule has 5 nitrogen and oxygen atoms in total. The molecule has 1 fully saturated rings. The molecule has 0 saturated carbocycles. The minimum atomic E-state index is -0.136. The normalized spacial score (nSPS) is 18.0. The second-order valence-corrected chi connectivity index (χ2v) is 6.24. The third kappa shape index (κ3) is 2.77. The molecule has 0 spiro atoms. The maximum atomic E-state index is 13.0. The van der Waals surface area contributed by atoms with Gasteiger partial charge in [-0.2, -0.15) is 5.10 Å². The quantitative estimate of drug-likeness (QED) is 0.777. The highest BCUT2D eigenvalue weighted by Crippen LogP contribution is 2.26. The third-order valence-electron chi connectivity index (χ3n) is 4.31. The first-order valence-corrected chi connectivity index (χ1v) is 8.18. The molecule has 0 radical (unpaired) electrons. The number of nitrogens with zero attached hydrogens (tertiary/aromatic N) is 2. The van der Waals surface area contributed by atoms with Crippen LogP contribution >= 0.6 is 11.6 Å². The van der Waals surface area contributed by atoms with Crippen LogP contribution in [-0.2, 0) is 4.74 Å². The van der Waals surface area contributed by atoms with Crippen molar-refractivity contribution < 1.29 is 9.53 Å². The van der Waals surface area contributed by atoms with Crippen LogP contribution in [0.15, 0.2) is 48.7 Å². The van der Waals surface area contributed by atoms with E-state index in [0.717, 1.165) is 16.5 Å². The van der Waals surface area contributed by atoms with Crippen LogP contribution in [0.5, 0.6) is 0 Å². The van der Waals surface area contributed by atoms with Gasteiger partial charge in [-0.05, 0) is 29.8 Å². The average molecular weight is 342 g/mol. The van der Waals surface area contributed by atoms with Crippen LogP contribution in [-0.4, -0.2) is 40.7 Å². The van der Waals surface area contributed by atoms with Crippen molar-refractivity contribution in [3.8, 4) is 0 Å². The van der Waals surface area contributed by atoms with Gasteiger partial charge in [0.05, 0.1) is 30.4 Å². The summed E-state index contributed by atoms with van der Waals surface area (Å²) in [6.45, 7) is 1.62. The van der Waals surface area contributed by atoms with Gasteiger partial charge in [0.1, 0.15) is 6.10 Å². The lowest BCUT2D eigenvalue weighted by molar-refractivity contribution is -0.0227. The predicted molar refractivity (Wildman–Crippen MR) is 92.1 cm³/mol. The highest BCUT2D eigenvalue weighted by Gasteiger charge is 2.27. The first kappa shape index (κ1) is 15.2. The van der Waals surface area contributed by atoms with E-state index in [9.17, 15) is 4.79 Å². The van der Waals surface area contributed by atoms with Gasteiger partial charge in [0.25, 0.3) is 5.91 Å². The SMILES string of the molecule is O=C(c1cccc2[nH]ncc12)N1CCO[C@@H](c2ccc(Cl)cc2)C1. The first-order chi connectivity index (χ1) is 11.7. The minimum Gasteiger partial charge on any atom is -0.370 e. The van der Waals surface area contributed by atoms with Crippen molar-refractivity contribution in [1.82, 2.24) is 15.1 Å². The molecule has 3 aromatic rings. The van der Waals surface area contributed by atoms with Crippen molar-refractivity contribution in [1.29, 1.82) is 0 Å². The fourth-order valence-corrected chi connectivity index (χ4v) is 3.16. The van der Waals surface area contributed by atoms with Gasteiger partial charge in [0.15, 0.2) is 0 Å². The summed E-state index contributed by atoms with van der Waals surface area (Å²) in [5.41, 5.74) is 2.56. The second kappa shape index (κ2) is 6.26. The molecule has 1 N–H and O–H groups in total. The summed E-state index contributed by atoms with van der Waals surface area (Å²) in [7, 11) is 0. The van der Waals surface area contributed by atoms with Gasteiger partial charge in [-0.15, -0.1) is 0 Å². The summed E-state index contributed by atoms with van der Waals surface area (Å²) in [5.74, 6) is 0.00395. The molecule has 1 saturated heterocycles. The molecule has 1 atom stereocenters. The fraction of sp³-hybridized carbons (Fsp3) is 0.222. The molecule has 0 aliphatic carbocycles. The zero-order valence-electron chi connectivity index (χ0n) is 12.9. The lowest BCUT2D eigenvalue weighted by atomic mass is 10.1. The summed E-state index contributed by atoms with van der Waals surface area (Å²) in [5, 5.41) is 8.46. The number of hydrogen-bond acceptors (Lipinski definition) is 3. The molecule has 0 unspecified atom stereocenters. The number of fused-ring (bicyclic) bond motifs is 1. The Hall–Kier alpha value is -2.37. The van der Waals surface area contributed by atoms with Crippen molar-refractivity contribution in [2.24, 2.45) is 0 Å². The van der Waals surface area contributed by atoms with Gasteiger partial charge in [-0.3, -0.25) is 9.89 Å². The monoisotopic (exact) mass is 341 g/mol. The van der Waals surface area contributed by atoms with Crippen LogP contribution in [0.2, 0.25) is 5.02 Å². The molecular weight excluding hydrogens is 326 g/mol. The summed E-state index contributed by atoms with van der Waals surface area (Å²) in [6.07, 6.45) is 1.56. The Morgan fingerprint density at radius 1 is 1.25 bits per heavy atom. The molecule has 4 rings (SSSR count). The molecule has 1 aromatic heterocycles. The largest absolute Gasteiger partial charge is 0.370 e. The van der Waals surface area contributed by atoms with E-state index in [0.29, 0.717) is 30.3 Å². The van der Waals surface area contributed by atoms with Crippen molar-refractivity contribution in [3.63, 3.8) is 0 Å². The second-order valence-electron chi connectivity index (χ2n) is 5.80. The zero-order valence-corrected chi connectivity index (χ0v) is 13.7. The van der Waals surface area contributed by atoms with E-state index in [4.69, 9.17) is 16.3 Å². The van der Waals surface area contributed by atoms with Crippen LogP contribution in [0.4, 0.5) is 0 Å². The molecule has 24 heavy (non-hydrogen) atoms. The molecule has 6 heteroatoms. The highest BCUT2D eigenvalue weighted by molar-refractivity contribution is 6.30. The standard InChI is InChI=1S/C18H16ClN3O2/c19-13-6-4-12(5-7-13)17-11-22(8-9-24-17)18(23)14-2-1-3-16-15(14)10-20-21-16/h1-7,10,17H,8-9,11H2,(H,20,21)/t17-/m1/s1. The average Bonchev–Trinajstić information content (AvgIpc) is 3.10. The molecule has 1 aliphatic rings. The number of ether oxygens (including phenoxy) is 1. The number of amides is 1. The first-order valence-electron chi connectivity index (χ1n) is 7.81. The van der Waals surface area contributed by atoms with Crippen molar-refractivity contribution in [2.75, 3.05) is 19.7 Å². The summed E-state index contributed by atoms with van der Waals surface area (Å²) in [4.78, 5) is 14.8. The number of hydrogen-bond donors (Lipinski definition) is 1. The molecule has 1 amide bonds. The number of morpholine rings is 1. The molecule has 2 heterocycles. The smallest absolute Gasteiger partial charge is 0.254 e. The van der Waals surface area contributed by atoms with Gasteiger partial charge < -0.3 is 9.64 Å². The molecule has 0 bridgehead atoms. The van der Waals surface area contributed by atoms with E-state index in [-0.39, 0.29) is 12.0 Å². The number of H-pyrrole nitrogens is 1. The van der Waals surface area contributed by atoms with E-state index in [1.165, 1.54) is 0 Å². The van der Waals surface area contributed by atoms with Crippen LogP contribution in [0.25, 0.3) is 10.9 Å². The Morgan fingerprint density at radius 2 is 2.08 bits per heavy atom. The lowest BCUT2D eigenvalue weighted by Gasteiger charge is -2.33. The number of aromatic amines is 1. The van der Waals surface area contributed by atoms with Crippen LogP contribution in [0, 0.1) is 0 Å². The molecule has 2 aromatic carbocycles. The Bertz CT molecular complexity index is 875. The maximum Gasteiger partial charge on any atom is 0.254 e. The zero-order chi connectivity index (χ0) is 16.5. The Balaban J connectivity index is 1.58. The summed E-state index contributed by atoms with van der Waals surface area (Å²) >= 11 is 5.94. The number of benzene rings is 2. The lowest BCUT2D eigenvalue weighted by Crippen LogP contribution is -2.42. The van der Waals surface area contributed by atoms with E-state index in [1.54, 1.807) is 6.20 Å². The van der Waals surface area contributed by atoms with Crippen LogP contribution in [0.1, 0.15) is 22.0 Å². The molecule has 1 aliphatic heterocycles. The maximum absolute atomic E-state index is 13.0. The van der Waals surface area contributed by atoms with Gasteiger partial charge in [-0.25, -0.2) is 0 Å². The molecular formula is C18H16ClN3O2. The van der Waals surface area contributed by atoms with Crippen molar-refractivity contribution >= 4 is 28.4 Å². The fourth-order valence-electron chi connectivity index (χ4n) is 3.04. The Morgan fingerprint density at radius 3 is 2.92 bits per heavy atom. The van der Waals surface area contributed by atoms with Gasteiger partial charge in [0.2, 0.25) is 0 Å². The topological polar surface area (TPSA) is 58.2 Å². The number of carbonyl (C=O) groups excluding carboxylic acids is 1. The Kier molecular flexibility index (Phi) is 3.96. The van der Waals surface area contributed by atoms with Crippen LogP contribution in [0.3, 0.4) is 0 Å². The minimum absolute atomic E-state index is 0.00395. The molecule has 122 valence electrons. The van der Waals surface area contributed by atoms with E-state index >= 15 is 0 Å². The number of rotatable bonds is 2. The van der Waals surface area contributed by atoms with E-state index < -0.39 is 0 Å². The van der Waals surface area contributed by atoms with Gasteiger partial charge >= 0.3 is 0 Å². The van der Waals surface area contributed by atoms with Gasteiger partial charge in [-0.1, -0.05) is 29.8 Å². The van der Waals surface area contributed by atoms with Crippen LogP contribution < -0.4 is 0 Å². The highest BCUT2D eigenvalue weighted by atomic mass is 35.5. The summed E-state index contributed by atoms with van der Waals surface area (Å²) < 4.78 is 5.84. The van der Waals surface area contributed by atoms with Gasteiger partial charge in [0, 0.05) is 17.0 Å². The number of halogens is 1. The summed E-state index contributed by atoms with van der Waals surface area (Å²) in [6, 6.07) is 13.2. The number of carbonyl (C=O) groups is 1. The third-order valence-corrected chi connectivity index (χ3v) is 4.56. The van der Waals surface area contributed by atoms with Crippen molar-refractivity contribution in [3.05, 3.63) is 64.8 Å². The van der Waals surface area contributed by atoms with Crippen molar-refractivity contribution in [2.45, 2.75) is 6.10 Å². The predicted octanol–water partition coefficient (Wildman–Crippen LogP) is 3.43. The number of aromatic nitrogens is 2. The number of nitrogens with one attached hydrogen (secondary N) is 1.